The van der Waals surface area contributed by atoms with Crippen molar-refractivity contribution in [2.24, 2.45) is 0 Å². The van der Waals surface area contributed by atoms with E-state index in [1.165, 1.54) is 0 Å². The van der Waals surface area contributed by atoms with Gasteiger partial charge < -0.3 is 19.3 Å². The predicted molar refractivity (Wildman–Crippen MR) is 137 cm³/mol. The lowest BCUT2D eigenvalue weighted by Crippen LogP contribution is -2.50. The Morgan fingerprint density at radius 3 is 2.39 bits per heavy atom. The molecule has 2 aromatic carbocycles. The molecule has 0 atom stereocenters. The van der Waals surface area contributed by atoms with Gasteiger partial charge in [0.2, 0.25) is 0 Å². The van der Waals surface area contributed by atoms with E-state index in [1.807, 2.05) is 66.7 Å². The molecule has 0 aliphatic carbocycles. The smallest absolute Gasteiger partial charge is 0.339 e. The molecule has 2 aromatic heterocycles. The fourth-order valence-electron chi connectivity index (χ4n) is 4.28. The monoisotopic (exact) mass is 482 g/mol. The molecule has 0 N–H and O–H groups in total. The second-order valence-electron chi connectivity index (χ2n) is 8.43. The maximum Gasteiger partial charge on any atom is 0.339 e. The third-order valence-electron chi connectivity index (χ3n) is 6.25. The Hall–Kier alpha value is -4.46. The van der Waals surface area contributed by atoms with Crippen molar-refractivity contribution >= 4 is 28.6 Å². The third kappa shape index (κ3) is 4.98. The first-order valence-electron chi connectivity index (χ1n) is 11.8. The van der Waals surface area contributed by atoms with E-state index in [4.69, 9.17) is 14.5 Å². The number of anilines is 1. The summed E-state index contributed by atoms with van der Waals surface area (Å²) < 4.78 is 10.7. The number of methoxy groups -OCH3 is 1. The molecule has 3 heterocycles. The van der Waals surface area contributed by atoms with Gasteiger partial charge in [0, 0.05) is 43.3 Å². The Balaban J connectivity index is 1.27. The average molecular weight is 483 g/mol. The molecule has 0 unspecified atom stereocenters. The highest BCUT2D eigenvalue weighted by Crippen LogP contribution is 2.27. The van der Waals surface area contributed by atoms with Gasteiger partial charge in [0.1, 0.15) is 11.6 Å². The number of carbonyl (C=O) groups is 2. The third-order valence-corrected chi connectivity index (χ3v) is 6.25. The molecule has 36 heavy (non-hydrogen) atoms. The number of fused-ring (bicyclic) bond motifs is 1. The summed E-state index contributed by atoms with van der Waals surface area (Å²) in [6.45, 7) is 2.14. The van der Waals surface area contributed by atoms with Gasteiger partial charge in [0.15, 0.2) is 6.61 Å². The SMILES string of the molecule is COc1ccc(-c2cc(C(=O)OCC(=O)N3CCN(c4ccccn4)CC3)c3ccccc3n2)cc1. The highest BCUT2D eigenvalue weighted by molar-refractivity contribution is 6.05. The summed E-state index contributed by atoms with van der Waals surface area (Å²) in [6, 6.07) is 22.4. The number of amides is 1. The molecule has 1 amide bonds. The Bertz CT molecular complexity index is 1370. The summed E-state index contributed by atoms with van der Waals surface area (Å²) in [4.78, 5) is 38.8. The highest BCUT2D eigenvalue weighted by Gasteiger charge is 2.23. The molecule has 0 bridgehead atoms. The van der Waals surface area contributed by atoms with Gasteiger partial charge in [-0.05, 0) is 48.5 Å². The second kappa shape index (κ2) is 10.4. The van der Waals surface area contributed by atoms with Crippen LogP contribution in [-0.4, -0.2) is 66.6 Å². The average Bonchev–Trinajstić information content (AvgIpc) is 2.95. The van der Waals surface area contributed by atoms with E-state index in [2.05, 4.69) is 9.88 Å². The van der Waals surface area contributed by atoms with Crippen LogP contribution in [0.1, 0.15) is 10.4 Å². The van der Waals surface area contributed by atoms with Crippen molar-refractivity contribution in [3.8, 4) is 17.0 Å². The highest BCUT2D eigenvalue weighted by atomic mass is 16.5. The molecule has 8 heteroatoms. The predicted octanol–water partition coefficient (Wildman–Crippen LogP) is 3.81. The standard InChI is InChI=1S/C28H26N4O4/c1-35-21-11-9-20(10-12-21)25-18-23(22-6-2-3-7-24(22)30-25)28(34)36-19-27(33)32-16-14-31(15-17-32)26-8-4-5-13-29-26/h2-13,18H,14-17,19H2,1H3. The topological polar surface area (TPSA) is 84.9 Å². The number of piperazine rings is 1. The lowest BCUT2D eigenvalue weighted by molar-refractivity contribution is -0.134. The van der Waals surface area contributed by atoms with E-state index in [1.54, 1.807) is 24.3 Å². The van der Waals surface area contributed by atoms with Gasteiger partial charge >= 0.3 is 5.97 Å². The van der Waals surface area contributed by atoms with Crippen LogP contribution < -0.4 is 9.64 Å². The van der Waals surface area contributed by atoms with Crippen LogP contribution in [0.4, 0.5) is 5.82 Å². The normalized spacial score (nSPS) is 13.5. The summed E-state index contributed by atoms with van der Waals surface area (Å²) >= 11 is 0. The number of benzene rings is 2. The zero-order chi connectivity index (χ0) is 24.9. The van der Waals surface area contributed by atoms with Crippen molar-refractivity contribution in [3.63, 3.8) is 0 Å². The van der Waals surface area contributed by atoms with Crippen LogP contribution in [0.15, 0.2) is 79.0 Å². The molecular formula is C28H26N4O4. The van der Waals surface area contributed by atoms with Crippen molar-refractivity contribution in [3.05, 3.63) is 84.6 Å². The van der Waals surface area contributed by atoms with E-state index in [-0.39, 0.29) is 12.5 Å². The number of hydrogen-bond acceptors (Lipinski definition) is 7. The van der Waals surface area contributed by atoms with E-state index in [0.29, 0.717) is 48.3 Å². The minimum atomic E-state index is -0.552. The summed E-state index contributed by atoms with van der Waals surface area (Å²) in [5.41, 5.74) is 2.53. The van der Waals surface area contributed by atoms with Gasteiger partial charge in [-0.1, -0.05) is 24.3 Å². The Morgan fingerprint density at radius 1 is 0.917 bits per heavy atom. The number of pyridine rings is 2. The van der Waals surface area contributed by atoms with Gasteiger partial charge in [-0.3, -0.25) is 4.79 Å². The number of rotatable bonds is 6. The number of aromatic nitrogens is 2. The maximum absolute atomic E-state index is 13.1. The van der Waals surface area contributed by atoms with Gasteiger partial charge in [0.25, 0.3) is 5.91 Å². The summed E-state index contributed by atoms with van der Waals surface area (Å²) in [7, 11) is 1.61. The molecule has 0 saturated carbocycles. The molecule has 5 rings (SSSR count). The molecular weight excluding hydrogens is 456 g/mol. The van der Waals surface area contributed by atoms with Crippen molar-refractivity contribution in [2.45, 2.75) is 0 Å². The molecule has 0 radical (unpaired) electrons. The van der Waals surface area contributed by atoms with Crippen molar-refractivity contribution in [2.75, 3.05) is 44.8 Å². The lowest BCUT2D eigenvalue weighted by atomic mass is 10.0. The molecule has 1 aliphatic rings. The van der Waals surface area contributed by atoms with Gasteiger partial charge in [-0.15, -0.1) is 0 Å². The molecule has 1 fully saturated rings. The van der Waals surface area contributed by atoms with E-state index in [9.17, 15) is 9.59 Å². The zero-order valence-electron chi connectivity index (χ0n) is 20.0. The summed E-state index contributed by atoms with van der Waals surface area (Å²) in [5, 5.41) is 0.677. The first kappa shape index (κ1) is 23.3. The van der Waals surface area contributed by atoms with E-state index >= 15 is 0 Å². The van der Waals surface area contributed by atoms with Crippen LogP contribution in [0, 0.1) is 0 Å². The molecule has 0 spiro atoms. The number of ether oxygens (including phenoxy) is 2. The van der Waals surface area contributed by atoms with E-state index in [0.717, 1.165) is 17.1 Å². The van der Waals surface area contributed by atoms with E-state index < -0.39 is 5.97 Å². The molecule has 4 aromatic rings. The van der Waals surface area contributed by atoms with Crippen molar-refractivity contribution in [1.82, 2.24) is 14.9 Å². The maximum atomic E-state index is 13.1. The first-order chi connectivity index (χ1) is 17.6. The second-order valence-corrected chi connectivity index (χ2v) is 8.43. The number of hydrogen-bond donors (Lipinski definition) is 0. The Morgan fingerprint density at radius 2 is 1.67 bits per heavy atom. The molecule has 1 saturated heterocycles. The first-order valence-corrected chi connectivity index (χ1v) is 11.8. The van der Waals surface area contributed by atoms with Crippen LogP contribution in [0.2, 0.25) is 0 Å². The van der Waals surface area contributed by atoms with Crippen LogP contribution in [0.5, 0.6) is 5.75 Å². The number of nitrogens with zero attached hydrogens (tertiary/aromatic N) is 4. The summed E-state index contributed by atoms with van der Waals surface area (Å²) in [6.07, 6.45) is 1.76. The fourth-order valence-corrected chi connectivity index (χ4v) is 4.28. The van der Waals surface area contributed by atoms with Gasteiger partial charge in [-0.25, -0.2) is 14.8 Å². The largest absolute Gasteiger partial charge is 0.497 e. The van der Waals surface area contributed by atoms with Crippen LogP contribution in [0.25, 0.3) is 22.2 Å². The van der Waals surface area contributed by atoms with Crippen LogP contribution >= 0.6 is 0 Å². The lowest BCUT2D eigenvalue weighted by Gasteiger charge is -2.35. The van der Waals surface area contributed by atoms with Gasteiger partial charge in [-0.2, -0.15) is 0 Å². The number of carbonyl (C=O) groups excluding carboxylic acids is 2. The Labute approximate surface area is 209 Å². The summed E-state index contributed by atoms with van der Waals surface area (Å²) in [5.74, 6) is 0.869. The van der Waals surface area contributed by atoms with Gasteiger partial charge in [0.05, 0.1) is 23.9 Å². The quantitative estimate of drug-likeness (QED) is 0.386. The minimum Gasteiger partial charge on any atom is -0.497 e. The van der Waals surface area contributed by atoms with Crippen LogP contribution in [-0.2, 0) is 9.53 Å². The molecule has 8 nitrogen and oxygen atoms in total. The number of para-hydroxylation sites is 1. The van der Waals surface area contributed by atoms with Crippen molar-refractivity contribution in [1.29, 1.82) is 0 Å². The molecule has 1 aliphatic heterocycles. The zero-order valence-corrected chi connectivity index (χ0v) is 20.0. The number of esters is 1. The molecule has 182 valence electrons. The van der Waals surface area contributed by atoms with Crippen LogP contribution in [0.3, 0.4) is 0 Å². The van der Waals surface area contributed by atoms with Crippen molar-refractivity contribution < 1.29 is 19.1 Å². The Kier molecular flexibility index (Phi) is 6.75. The fraction of sp³-hybridized carbons (Fsp3) is 0.214. The minimum absolute atomic E-state index is 0.210.